The van der Waals surface area contributed by atoms with Gasteiger partial charge in [0.05, 0.1) is 36.3 Å². The molecule has 51 heavy (non-hydrogen) atoms. The van der Waals surface area contributed by atoms with Crippen LogP contribution in [-0.2, 0) is 19.6 Å². The Hall–Kier alpha value is -3.72. The van der Waals surface area contributed by atoms with Gasteiger partial charge in [0, 0.05) is 63.5 Å². The third-order valence-electron chi connectivity index (χ3n) is 8.80. The average Bonchev–Trinajstić information content (AvgIpc) is 3.49. The number of sulfonamides is 1. The number of carbonyl (C=O) groups is 2. The van der Waals surface area contributed by atoms with Gasteiger partial charge < -0.3 is 19.7 Å². The summed E-state index contributed by atoms with van der Waals surface area (Å²) in [4.78, 5) is 38.2. The minimum absolute atomic E-state index is 0.0331. The third-order valence-corrected chi connectivity index (χ3v) is 11.1. The molecular weight excluding hydrogens is 715 g/mol. The molecule has 12 nitrogen and oxygen atoms in total. The monoisotopic (exact) mass is 758 g/mol. The van der Waals surface area contributed by atoms with Crippen molar-refractivity contribution in [2.75, 3.05) is 67.1 Å². The fourth-order valence-electron chi connectivity index (χ4n) is 6.26. The highest BCUT2D eigenvalue weighted by atomic mass is 35.5. The van der Waals surface area contributed by atoms with Crippen LogP contribution in [0.1, 0.15) is 42.6 Å². The third kappa shape index (κ3) is 8.85. The molecule has 15 heteroatoms. The van der Waals surface area contributed by atoms with Crippen LogP contribution in [0.5, 0.6) is 5.75 Å². The smallest absolute Gasteiger partial charge is 0.326 e. The number of halogens is 2. The zero-order chi connectivity index (χ0) is 36.9. The minimum atomic E-state index is -3.85. The van der Waals surface area contributed by atoms with Gasteiger partial charge in [-0.2, -0.15) is 0 Å². The maximum Gasteiger partial charge on any atom is 0.326 e. The fourth-order valence-corrected chi connectivity index (χ4v) is 7.44. The van der Waals surface area contributed by atoms with Crippen molar-refractivity contribution in [3.05, 3.63) is 93.5 Å². The molecule has 2 heterocycles. The van der Waals surface area contributed by atoms with Crippen molar-refractivity contribution in [2.24, 2.45) is 4.99 Å². The number of hydrogen-bond acceptors (Lipinski definition) is 8. The Morgan fingerprint density at radius 2 is 1.57 bits per heavy atom. The Bertz CT molecular complexity index is 1830. The van der Waals surface area contributed by atoms with Crippen LogP contribution in [0.3, 0.4) is 0 Å². The van der Waals surface area contributed by atoms with Gasteiger partial charge in [-0.25, -0.2) is 17.5 Å². The van der Waals surface area contributed by atoms with Gasteiger partial charge in [0.25, 0.3) is 0 Å². The van der Waals surface area contributed by atoms with E-state index in [4.69, 9.17) is 37.7 Å². The van der Waals surface area contributed by atoms with Crippen molar-refractivity contribution in [2.45, 2.75) is 36.9 Å². The predicted octanol–water partition coefficient (Wildman–Crippen LogP) is 5.08. The lowest BCUT2D eigenvalue weighted by atomic mass is 9.93. The summed E-state index contributed by atoms with van der Waals surface area (Å²) in [6.07, 6.45) is 0. The fraction of sp³-hybridized carbons (Fsp3) is 0.417. The number of nitrogens with one attached hydrogen (secondary N) is 1. The van der Waals surface area contributed by atoms with Crippen LogP contribution < -0.4 is 10.1 Å². The molecule has 0 radical (unpaired) electrons. The summed E-state index contributed by atoms with van der Waals surface area (Å²) in [6.45, 7) is 6.29. The first-order valence-corrected chi connectivity index (χ1v) is 18.9. The van der Waals surface area contributed by atoms with E-state index >= 15 is 0 Å². The van der Waals surface area contributed by atoms with E-state index in [2.05, 4.69) is 5.32 Å². The maximum atomic E-state index is 14.9. The molecule has 5 rings (SSSR count). The molecule has 274 valence electrons. The number of carbonyl (C=O) groups excluding carboxylic acids is 2. The van der Waals surface area contributed by atoms with E-state index in [1.54, 1.807) is 47.2 Å². The number of methoxy groups -OCH3 is 1. The molecule has 0 spiro atoms. The van der Waals surface area contributed by atoms with Crippen LogP contribution in [0, 0.1) is 0 Å². The van der Waals surface area contributed by atoms with Gasteiger partial charge in [0.1, 0.15) is 17.6 Å². The van der Waals surface area contributed by atoms with Crippen LogP contribution in [0.2, 0.25) is 10.0 Å². The number of aliphatic imine (C=N–C) groups is 1. The number of nitrogens with zero attached hydrogens (tertiary/aromatic N) is 5. The number of rotatable bonds is 12. The number of amides is 3. The Labute approximate surface area is 310 Å². The minimum Gasteiger partial charge on any atom is -0.493 e. The summed E-state index contributed by atoms with van der Waals surface area (Å²) in [5.41, 5.74) is 1.95. The van der Waals surface area contributed by atoms with Gasteiger partial charge >= 0.3 is 6.03 Å². The molecule has 1 N–H and O–H groups in total. The first kappa shape index (κ1) is 38.5. The number of hydrogen-bond donors (Lipinski definition) is 1. The van der Waals surface area contributed by atoms with E-state index in [1.165, 1.54) is 26.2 Å². The average molecular weight is 760 g/mol. The maximum absolute atomic E-state index is 14.9. The molecule has 3 unspecified atom stereocenters. The molecular formula is C36H44Cl2N6O6S. The molecule has 1 saturated heterocycles. The lowest BCUT2D eigenvalue weighted by molar-refractivity contribution is -0.123. The molecule has 3 amide bonds. The summed E-state index contributed by atoms with van der Waals surface area (Å²) in [5.74, 6) is 0.544. The summed E-state index contributed by atoms with van der Waals surface area (Å²) < 4.78 is 39.0. The van der Waals surface area contributed by atoms with Crippen LogP contribution >= 0.6 is 23.2 Å². The molecule has 0 bridgehead atoms. The zero-order valence-electron chi connectivity index (χ0n) is 29.4. The Kier molecular flexibility index (Phi) is 12.6. The Morgan fingerprint density at radius 3 is 2.14 bits per heavy atom. The first-order chi connectivity index (χ1) is 24.3. The Morgan fingerprint density at radius 1 is 0.961 bits per heavy atom. The van der Waals surface area contributed by atoms with Gasteiger partial charge in [0.2, 0.25) is 15.9 Å². The van der Waals surface area contributed by atoms with Crippen LogP contribution in [0.25, 0.3) is 0 Å². The summed E-state index contributed by atoms with van der Waals surface area (Å²) in [7, 11) is 0.662. The number of benzene rings is 3. The molecule has 3 aromatic rings. The van der Waals surface area contributed by atoms with Crippen LogP contribution in [0.4, 0.5) is 4.79 Å². The second-order valence-electron chi connectivity index (χ2n) is 12.7. The standard InChI is InChI=1S/C36H44Cl2N6O6S/c1-6-50-31-16-15-29(51(47,48)41(3)4)21-30(31)35-40-33(25-7-11-27(37)12-8-25)34(26-9-13-28(38)14-10-26)44(35)36(46)43-19-17-42(18-20-43)22-32(45)39-24(2)23-49-5/h7-16,21,24,33-34H,6,17-20,22-23H2,1-5H3,(H,39,45). The summed E-state index contributed by atoms with van der Waals surface area (Å²) in [6, 6.07) is 17.5. The van der Waals surface area contributed by atoms with Crippen molar-refractivity contribution >= 4 is 51.0 Å². The van der Waals surface area contributed by atoms with E-state index in [0.717, 1.165) is 15.4 Å². The summed E-state index contributed by atoms with van der Waals surface area (Å²) in [5, 5.41) is 4.03. The van der Waals surface area contributed by atoms with Crippen LogP contribution in [-0.4, -0.2) is 118 Å². The normalized spacial score (nSPS) is 18.9. The van der Waals surface area contributed by atoms with E-state index in [-0.39, 0.29) is 35.3 Å². The van der Waals surface area contributed by atoms with Gasteiger partial charge in [-0.3, -0.25) is 19.6 Å². The number of piperazine rings is 1. The molecule has 2 aliphatic rings. The van der Waals surface area contributed by atoms with E-state index < -0.39 is 22.1 Å². The molecule has 2 aliphatic heterocycles. The zero-order valence-corrected chi connectivity index (χ0v) is 31.7. The van der Waals surface area contributed by atoms with Gasteiger partial charge in [0.15, 0.2) is 0 Å². The molecule has 3 atom stereocenters. The lowest BCUT2D eigenvalue weighted by Gasteiger charge is -2.39. The highest BCUT2D eigenvalue weighted by Gasteiger charge is 2.45. The van der Waals surface area contributed by atoms with Gasteiger partial charge in [-0.15, -0.1) is 0 Å². The molecule has 1 fully saturated rings. The highest BCUT2D eigenvalue weighted by molar-refractivity contribution is 7.89. The first-order valence-electron chi connectivity index (χ1n) is 16.7. The van der Waals surface area contributed by atoms with Crippen molar-refractivity contribution in [1.82, 2.24) is 24.3 Å². The number of urea groups is 1. The van der Waals surface area contributed by atoms with E-state index in [9.17, 15) is 18.0 Å². The molecule has 0 aliphatic carbocycles. The Balaban J connectivity index is 1.58. The highest BCUT2D eigenvalue weighted by Crippen LogP contribution is 2.46. The van der Waals surface area contributed by atoms with Gasteiger partial charge in [-0.05, 0) is 67.4 Å². The second kappa shape index (κ2) is 16.7. The van der Waals surface area contributed by atoms with Crippen molar-refractivity contribution < 1.29 is 27.5 Å². The second-order valence-corrected chi connectivity index (χ2v) is 15.7. The molecule has 0 saturated carbocycles. The van der Waals surface area contributed by atoms with Crippen LogP contribution in [0.15, 0.2) is 76.6 Å². The SMILES string of the molecule is CCOc1ccc(S(=O)(=O)N(C)C)cc1C1=NC(c2ccc(Cl)cc2)C(c2ccc(Cl)cc2)N1C(=O)N1CCN(CC(=O)NC(C)COC)CC1. The van der Waals surface area contributed by atoms with Crippen molar-refractivity contribution in [3.8, 4) is 5.75 Å². The van der Waals surface area contributed by atoms with Crippen molar-refractivity contribution in [1.29, 1.82) is 0 Å². The van der Waals surface area contributed by atoms with Gasteiger partial charge in [-0.1, -0.05) is 47.5 Å². The number of ether oxygens (including phenoxy) is 2. The van der Waals surface area contributed by atoms with E-state index in [1.807, 2.05) is 43.0 Å². The molecule has 3 aromatic carbocycles. The topological polar surface area (TPSA) is 124 Å². The molecule has 0 aromatic heterocycles. The van der Waals surface area contributed by atoms with Crippen molar-refractivity contribution in [3.63, 3.8) is 0 Å². The number of amidine groups is 1. The predicted molar refractivity (Wildman–Crippen MR) is 198 cm³/mol. The lowest BCUT2D eigenvalue weighted by Crippen LogP contribution is -2.55. The largest absolute Gasteiger partial charge is 0.493 e. The quantitative estimate of drug-likeness (QED) is 0.274. The van der Waals surface area contributed by atoms with E-state index in [0.29, 0.717) is 60.8 Å². The summed E-state index contributed by atoms with van der Waals surface area (Å²) >= 11 is 12.6.